The van der Waals surface area contributed by atoms with E-state index >= 15 is 0 Å². The van der Waals surface area contributed by atoms with Crippen LogP contribution in [-0.2, 0) is 6.54 Å². The number of rotatable bonds is 11. The van der Waals surface area contributed by atoms with Crippen LogP contribution in [0.3, 0.4) is 0 Å². The van der Waals surface area contributed by atoms with E-state index < -0.39 is 0 Å². The van der Waals surface area contributed by atoms with Crippen molar-refractivity contribution in [1.82, 2.24) is 19.7 Å². The van der Waals surface area contributed by atoms with Crippen LogP contribution in [0.5, 0.6) is 11.5 Å². The molecule has 0 atom stereocenters. The minimum Gasteiger partial charge on any atom is -0.497 e. The SMILES string of the molecule is COc1cc(OCCO)cc(N(CCO)c2ccc3ncc(-c4cnn(CCO)c4)nc3c2)c1. The van der Waals surface area contributed by atoms with Crippen molar-refractivity contribution in [3.8, 4) is 22.8 Å². The molecule has 2 heterocycles. The molecule has 4 rings (SSSR count). The Hall–Kier alpha value is -3.73. The van der Waals surface area contributed by atoms with E-state index in [0.29, 0.717) is 35.8 Å². The van der Waals surface area contributed by atoms with Crippen LogP contribution in [0.15, 0.2) is 55.0 Å². The number of hydrogen-bond donors (Lipinski definition) is 3. The molecule has 0 fully saturated rings. The molecular formula is C24H27N5O5. The van der Waals surface area contributed by atoms with Gasteiger partial charge < -0.3 is 29.7 Å². The third-order valence-corrected chi connectivity index (χ3v) is 5.19. The minimum absolute atomic E-state index is 0.00555. The molecule has 34 heavy (non-hydrogen) atoms. The molecule has 2 aromatic heterocycles. The molecule has 178 valence electrons. The van der Waals surface area contributed by atoms with Crippen LogP contribution >= 0.6 is 0 Å². The standard InChI is InChI=1S/C24H27N5O5/c1-33-20-10-19(11-21(13-20)34-9-8-32)29(5-7-31)18-2-3-22-23(12-18)27-24(15-25-22)17-14-26-28(16-17)4-6-30/h2-3,10-16,30-32H,4-9H2,1H3. The van der Waals surface area contributed by atoms with E-state index in [1.165, 1.54) is 0 Å². The Morgan fingerprint density at radius 3 is 2.53 bits per heavy atom. The fourth-order valence-electron chi connectivity index (χ4n) is 3.61. The summed E-state index contributed by atoms with van der Waals surface area (Å²) in [6.07, 6.45) is 5.20. The summed E-state index contributed by atoms with van der Waals surface area (Å²) in [4.78, 5) is 11.2. The van der Waals surface area contributed by atoms with Crippen LogP contribution in [-0.4, -0.2) is 75.2 Å². The van der Waals surface area contributed by atoms with Gasteiger partial charge in [-0.05, 0) is 18.2 Å². The molecule has 0 aliphatic heterocycles. The first-order valence-electron chi connectivity index (χ1n) is 10.9. The summed E-state index contributed by atoms with van der Waals surface area (Å²) in [7, 11) is 1.57. The number of nitrogens with zero attached hydrogens (tertiary/aromatic N) is 5. The summed E-state index contributed by atoms with van der Waals surface area (Å²) in [5.74, 6) is 1.14. The van der Waals surface area contributed by atoms with Crippen molar-refractivity contribution in [2.75, 3.05) is 45.0 Å². The number of anilines is 2. The number of aliphatic hydroxyl groups is 3. The highest BCUT2D eigenvalue weighted by Gasteiger charge is 2.14. The normalized spacial score (nSPS) is 11.1. The van der Waals surface area contributed by atoms with E-state index in [2.05, 4.69) is 10.1 Å². The molecule has 4 aromatic rings. The molecule has 0 aliphatic carbocycles. The van der Waals surface area contributed by atoms with Crippen LogP contribution in [0.2, 0.25) is 0 Å². The summed E-state index contributed by atoms with van der Waals surface area (Å²) >= 11 is 0. The van der Waals surface area contributed by atoms with Gasteiger partial charge >= 0.3 is 0 Å². The van der Waals surface area contributed by atoms with Crippen molar-refractivity contribution >= 4 is 22.4 Å². The zero-order valence-electron chi connectivity index (χ0n) is 18.8. The molecule has 3 N–H and O–H groups in total. The summed E-state index contributed by atoms with van der Waals surface area (Å²) < 4.78 is 12.7. The number of fused-ring (bicyclic) bond motifs is 1. The van der Waals surface area contributed by atoms with Crippen LogP contribution in [0.4, 0.5) is 11.4 Å². The van der Waals surface area contributed by atoms with E-state index in [9.17, 15) is 5.11 Å². The molecule has 10 heteroatoms. The number of benzene rings is 2. The van der Waals surface area contributed by atoms with Crippen LogP contribution in [0.1, 0.15) is 0 Å². The molecule has 0 spiro atoms. The topological polar surface area (TPSA) is 126 Å². The Morgan fingerprint density at radius 2 is 1.76 bits per heavy atom. The van der Waals surface area contributed by atoms with Gasteiger partial charge in [0.2, 0.25) is 0 Å². The van der Waals surface area contributed by atoms with Gasteiger partial charge in [-0.2, -0.15) is 5.10 Å². The molecule has 0 aliphatic rings. The monoisotopic (exact) mass is 465 g/mol. The van der Waals surface area contributed by atoms with Gasteiger partial charge in [0.25, 0.3) is 0 Å². The van der Waals surface area contributed by atoms with Gasteiger partial charge in [-0.25, -0.2) is 4.98 Å². The predicted octanol–water partition coefficient (Wildman–Crippen LogP) is 2.00. The average molecular weight is 466 g/mol. The van der Waals surface area contributed by atoms with Gasteiger partial charge in [-0.15, -0.1) is 0 Å². The maximum absolute atomic E-state index is 9.76. The van der Waals surface area contributed by atoms with Crippen LogP contribution in [0.25, 0.3) is 22.3 Å². The summed E-state index contributed by atoms with van der Waals surface area (Å²) in [6.45, 7) is 0.738. The molecule has 10 nitrogen and oxygen atoms in total. The Morgan fingerprint density at radius 1 is 0.912 bits per heavy atom. The molecule has 0 radical (unpaired) electrons. The van der Waals surface area contributed by atoms with Crippen molar-refractivity contribution in [1.29, 1.82) is 0 Å². The number of ether oxygens (including phenoxy) is 2. The van der Waals surface area contributed by atoms with Crippen molar-refractivity contribution in [3.63, 3.8) is 0 Å². The minimum atomic E-state index is -0.0997. The number of hydrogen-bond acceptors (Lipinski definition) is 9. The van der Waals surface area contributed by atoms with Crippen LogP contribution < -0.4 is 14.4 Å². The fraction of sp³-hybridized carbons (Fsp3) is 0.292. The predicted molar refractivity (Wildman–Crippen MR) is 128 cm³/mol. The van der Waals surface area contributed by atoms with Gasteiger partial charge in [-0.1, -0.05) is 0 Å². The zero-order chi connectivity index (χ0) is 23.9. The van der Waals surface area contributed by atoms with E-state index in [-0.39, 0.29) is 26.4 Å². The molecule has 0 bridgehead atoms. The summed E-state index contributed by atoms with van der Waals surface area (Å²) in [5.41, 5.74) is 4.47. The lowest BCUT2D eigenvalue weighted by Crippen LogP contribution is -2.21. The number of methoxy groups -OCH3 is 1. The average Bonchev–Trinajstić information content (AvgIpc) is 3.34. The van der Waals surface area contributed by atoms with E-state index in [1.54, 1.807) is 30.3 Å². The number of aliphatic hydroxyl groups excluding tert-OH is 3. The summed E-state index contributed by atoms with van der Waals surface area (Å²) in [5, 5.41) is 32.2. The highest BCUT2D eigenvalue weighted by molar-refractivity contribution is 5.82. The molecule has 0 saturated heterocycles. The quantitative estimate of drug-likeness (QED) is 0.305. The Labute approximate surface area is 196 Å². The Bertz CT molecular complexity index is 1250. The molecule has 0 amide bonds. The number of aromatic nitrogens is 4. The molecule has 2 aromatic carbocycles. The molecule has 0 saturated carbocycles. The third kappa shape index (κ3) is 5.25. The van der Waals surface area contributed by atoms with Crippen molar-refractivity contribution in [3.05, 3.63) is 55.0 Å². The second-order valence-electron chi connectivity index (χ2n) is 7.46. The van der Waals surface area contributed by atoms with E-state index in [0.717, 1.165) is 22.5 Å². The summed E-state index contributed by atoms with van der Waals surface area (Å²) in [6, 6.07) is 11.1. The maximum atomic E-state index is 9.76. The van der Waals surface area contributed by atoms with Gasteiger partial charge in [0.1, 0.15) is 18.1 Å². The lowest BCUT2D eigenvalue weighted by molar-refractivity contribution is 0.201. The first-order valence-corrected chi connectivity index (χ1v) is 10.9. The van der Waals surface area contributed by atoms with Gasteiger partial charge in [0, 0.05) is 47.9 Å². The second-order valence-corrected chi connectivity index (χ2v) is 7.46. The van der Waals surface area contributed by atoms with Gasteiger partial charge in [0.15, 0.2) is 0 Å². The lowest BCUT2D eigenvalue weighted by Gasteiger charge is -2.25. The lowest BCUT2D eigenvalue weighted by atomic mass is 10.2. The second kappa shape index (κ2) is 10.9. The zero-order valence-corrected chi connectivity index (χ0v) is 18.8. The van der Waals surface area contributed by atoms with Crippen molar-refractivity contribution in [2.24, 2.45) is 0 Å². The highest BCUT2D eigenvalue weighted by atomic mass is 16.5. The fourth-order valence-corrected chi connectivity index (χ4v) is 3.61. The first-order chi connectivity index (χ1) is 16.6. The van der Waals surface area contributed by atoms with Crippen molar-refractivity contribution < 1.29 is 24.8 Å². The molecular weight excluding hydrogens is 438 g/mol. The van der Waals surface area contributed by atoms with Crippen molar-refractivity contribution in [2.45, 2.75) is 6.54 Å². The van der Waals surface area contributed by atoms with E-state index in [1.807, 2.05) is 41.4 Å². The Balaban J connectivity index is 1.72. The maximum Gasteiger partial charge on any atom is 0.125 e. The van der Waals surface area contributed by atoms with Crippen LogP contribution in [0, 0.1) is 0 Å². The third-order valence-electron chi connectivity index (χ3n) is 5.19. The Kier molecular flexibility index (Phi) is 7.53. The van der Waals surface area contributed by atoms with E-state index in [4.69, 9.17) is 24.7 Å². The first kappa shape index (κ1) is 23.4. The van der Waals surface area contributed by atoms with Gasteiger partial charge in [-0.3, -0.25) is 9.67 Å². The molecule has 0 unspecified atom stereocenters. The van der Waals surface area contributed by atoms with Gasteiger partial charge in [0.05, 0.1) is 62.6 Å². The smallest absolute Gasteiger partial charge is 0.125 e. The largest absolute Gasteiger partial charge is 0.497 e. The highest BCUT2D eigenvalue weighted by Crippen LogP contribution is 2.34.